The molecule has 2 heterocycles. The van der Waals surface area contributed by atoms with Crippen LogP contribution < -0.4 is 0 Å². The van der Waals surface area contributed by atoms with Crippen LogP contribution in [0.3, 0.4) is 0 Å². The fourth-order valence-corrected chi connectivity index (χ4v) is 5.92. The van der Waals surface area contributed by atoms with Gasteiger partial charge in [0.05, 0.1) is 22.3 Å². The lowest BCUT2D eigenvalue weighted by molar-refractivity contribution is 0.0920. The maximum Gasteiger partial charge on any atom is 0.232 e. The van der Waals surface area contributed by atoms with Gasteiger partial charge in [-0.1, -0.05) is 96.6 Å². The number of carbonyl (C=O) groups is 1. The number of carbonyl (C=O) groups excluding carboxylic acids is 1. The molecule has 0 fully saturated rings. The Labute approximate surface area is 231 Å². The van der Waals surface area contributed by atoms with Gasteiger partial charge >= 0.3 is 0 Å². The number of rotatable bonds is 6. The second-order valence-corrected chi connectivity index (χ2v) is 10.5. The van der Waals surface area contributed by atoms with Crippen molar-refractivity contribution in [3.63, 3.8) is 0 Å². The number of hydrogen-bond acceptors (Lipinski definition) is 4. The predicted octanol–water partition coefficient (Wildman–Crippen LogP) is 8.53. The largest absolute Gasteiger partial charge is 0.280 e. The first-order valence-electron chi connectivity index (χ1n) is 12.9. The summed E-state index contributed by atoms with van der Waals surface area (Å²) < 4.78 is 1.82. The first-order valence-corrected chi connectivity index (χ1v) is 13.8. The molecule has 6 aromatic rings. The first-order chi connectivity index (χ1) is 19.1. The third-order valence-electron chi connectivity index (χ3n) is 6.91. The summed E-state index contributed by atoms with van der Waals surface area (Å²) in [7, 11) is 0. The zero-order valence-electron chi connectivity index (χ0n) is 21.5. The van der Waals surface area contributed by atoms with Gasteiger partial charge in [-0.3, -0.25) is 9.36 Å². The Hall–Kier alpha value is -4.66. The summed E-state index contributed by atoms with van der Waals surface area (Å²) >= 11 is 1.46. The summed E-state index contributed by atoms with van der Waals surface area (Å²) in [5, 5.41) is 13.0. The van der Waals surface area contributed by atoms with Crippen molar-refractivity contribution in [2.24, 2.45) is 0 Å². The maximum absolute atomic E-state index is 13.6. The average molecular weight is 524 g/mol. The number of benzene rings is 4. The van der Waals surface area contributed by atoms with Crippen LogP contribution in [0.25, 0.3) is 44.2 Å². The molecular formula is C34H25N3OS. The van der Waals surface area contributed by atoms with E-state index in [2.05, 4.69) is 30.3 Å². The van der Waals surface area contributed by atoms with Gasteiger partial charge in [-0.25, -0.2) is 4.98 Å². The van der Waals surface area contributed by atoms with E-state index in [1.54, 1.807) is 0 Å². The molecule has 0 spiro atoms. The third-order valence-corrected chi connectivity index (χ3v) is 7.89. The molecule has 0 radical (unpaired) electrons. The van der Waals surface area contributed by atoms with Gasteiger partial charge in [-0.05, 0) is 30.7 Å². The number of thioether (sulfide) groups is 1. The first kappa shape index (κ1) is 24.7. The van der Waals surface area contributed by atoms with Crippen LogP contribution in [0.2, 0.25) is 0 Å². The van der Waals surface area contributed by atoms with Crippen LogP contribution in [0.5, 0.6) is 0 Å². The van der Waals surface area contributed by atoms with Crippen LogP contribution in [0.4, 0.5) is 0 Å². The van der Waals surface area contributed by atoms with Crippen molar-refractivity contribution >= 4 is 39.5 Å². The highest BCUT2D eigenvalue weighted by atomic mass is 32.2. The van der Waals surface area contributed by atoms with Crippen molar-refractivity contribution in [3.05, 3.63) is 120 Å². The highest BCUT2D eigenvalue weighted by Crippen LogP contribution is 2.35. The minimum absolute atomic E-state index is 0.0244. The number of aryl methyl sites for hydroxylation is 1. The topological polar surface area (TPSA) is 58.7 Å². The summed E-state index contributed by atoms with van der Waals surface area (Å²) in [6, 6.07) is 38.6. The van der Waals surface area contributed by atoms with Crippen molar-refractivity contribution in [1.29, 1.82) is 5.26 Å². The second-order valence-electron chi connectivity index (χ2n) is 9.44. The van der Waals surface area contributed by atoms with E-state index in [1.807, 2.05) is 96.4 Å². The van der Waals surface area contributed by atoms with Crippen molar-refractivity contribution in [1.82, 2.24) is 9.55 Å². The van der Waals surface area contributed by atoms with E-state index < -0.39 is 0 Å². The van der Waals surface area contributed by atoms with E-state index in [9.17, 15) is 10.1 Å². The van der Waals surface area contributed by atoms with Crippen molar-refractivity contribution in [2.45, 2.75) is 18.4 Å². The zero-order chi connectivity index (χ0) is 26.8. The minimum atomic E-state index is 0.0244. The molecule has 5 heteroatoms. The Balaban J connectivity index is 1.34. The number of para-hydroxylation sites is 2. The molecule has 4 aromatic carbocycles. The molecule has 0 saturated heterocycles. The lowest BCUT2D eigenvalue weighted by atomic mass is 9.98. The Morgan fingerprint density at radius 3 is 2.08 bits per heavy atom. The monoisotopic (exact) mass is 523 g/mol. The fourth-order valence-electron chi connectivity index (χ4n) is 4.99. The highest BCUT2D eigenvalue weighted by molar-refractivity contribution is 7.99. The average Bonchev–Trinajstić information content (AvgIpc) is 3.32. The Bertz CT molecular complexity index is 1810. The molecule has 0 unspecified atom stereocenters. The van der Waals surface area contributed by atoms with E-state index in [-0.39, 0.29) is 5.91 Å². The molecule has 188 valence electrons. The minimum Gasteiger partial charge on any atom is -0.280 e. The van der Waals surface area contributed by atoms with Gasteiger partial charge in [0.25, 0.3) is 0 Å². The SMILES string of the molecule is Cc1ccc(-c2cc(-c3ccccc3)nc(SCCC(=O)n3c4ccccc4c4ccccc43)c2C#N)cc1. The molecule has 0 amide bonds. The molecule has 39 heavy (non-hydrogen) atoms. The Morgan fingerprint density at radius 1 is 0.821 bits per heavy atom. The van der Waals surface area contributed by atoms with Gasteiger partial charge in [-0.2, -0.15) is 5.26 Å². The predicted molar refractivity (Wildman–Crippen MR) is 160 cm³/mol. The number of nitriles is 1. The van der Waals surface area contributed by atoms with Gasteiger partial charge in [0.1, 0.15) is 11.1 Å². The number of hydrogen-bond donors (Lipinski definition) is 0. The summed E-state index contributed by atoms with van der Waals surface area (Å²) in [4.78, 5) is 18.5. The maximum atomic E-state index is 13.6. The van der Waals surface area contributed by atoms with Gasteiger partial charge in [-0.15, -0.1) is 11.8 Å². The van der Waals surface area contributed by atoms with Crippen LogP contribution in [-0.2, 0) is 0 Å². The fraction of sp³-hybridized carbons (Fsp3) is 0.0882. The molecule has 0 atom stereocenters. The molecule has 0 aliphatic rings. The van der Waals surface area contributed by atoms with E-state index in [0.29, 0.717) is 22.8 Å². The molecule has 0 saturated carbocycles. The van der Waals surface area contributed by atoms with Crippen LogP contribution in [0, 0.1) is 18.3 Å². The Kier molecular flexibility index (Phi) is 6.71. The van der Waals surface area contributed by atoms with Gasteiger partial charge in [0.15, 0.2) is 0 Å². The molecule has 0 N–H and O–H groups in total. The molecule has 6 rings (SSSR count). The number of fused-ring (bicyclic) bond motifs is 3. The van der Waals surface area contributed by atoms with Crippen molar-refractivity contribution in [3.8, 4) is 28.5 Å². The standard InChI is InChI=1S/C34H25N3OS/c1-23-15-17-24(18-16-23)28-21-30(25-9-3-2-4-10-25)36-34(29(28)22-35)39-20-19-33(38)37-31-13-7-5-11-26(31)27-12-6-8-14-32(27)37/h2-18,21H,19-20H2,1H3. The summed E-state index contributed by atoms with van der Waals surface area (Å²) in [5.74, 6) is 0.531. The lowest BCUT2D eigenvalue weighted by Crippen LogP contribution is -2.11. The van der Waals surface area contributed by atoms with E-state index in [0.717, 1.165) is 49.8 Å². The lowest BCUT2D eigenvalue weighted by Gasteiger charge is -2.13. The molecule has 4 nitrogen and oxygen atoms in total. The van der Waals surface area contributed by atoms with E-state index >= 15 is 0 Å². The van der Waals surface area contributed by atoms with Crippen LogP contribution in [0.15, 0.2) is 114 Å². The van der Waals surface area contributed by atoms with Gasteiger partial charge in [0.2, 0.25) is 5.91 Å². The van der Waals surface area contributed by atoms with Crippen molar-refractivity contribution < 1.29 is 4.79 Å². The summed E-state index contributed by atoms with van der Waals surface area (Å²) in [6.07, 6.45) is 0.315. The van der Waals surface area contributed by atoms with Gasteiger partial charge < -0.3 is 0 Å². The van der Waals surface area contributed by atoms with Crippen LogP contribution >= 0.6 is 11.8 Å². The van der Waals surface area contributed by atoms with E-state index in [1.165, 1.54) is 11.8 Å². The van der Waals surface area contributed by atoms with Gasteiger partial charge in [0, 0.05) is 34.1 Å². The second kappa shape index (κ2) is 10.6. The number of nitrogens with zero attached hydrogens (tertiary/aromatic N) is 3. The molecule has 2 aromatic heterocycles. The van der Waals surface area contributed by atoms with Crippen molar-refractivity contribution in [2.75, 3.05) is 5.75 Å². The smallest absolute Gasteiger partial charge is 0.232 e. The Morgan fingerprint density at radius 2 is 1.44 bits per heavy atom. The normalized spacial score (nSPS) is 11.1. The number of aromatic nitrogens is 2. The zero-order valence-corrected chi connectivity index (χ0v) is 22.3. The van der Waals surface area contributed by atoms with E-state index in [4.69, 9.17) is 4.98 Å². The summed E-state index contributed by atoms with van der Waals surface area (Å²) in [6.45, 7) is 2.05. The molecule has 0 aliphatic heterocycles. The quantitative estimate of drug-likeness (QED) is 0.205. The molecular weight excluding hydrogens is 498 g/mol. The number of pyridine rings is 1. The molecule has 0 aliphatic carbocycles. The molecule has 0 bridgehead atoms. The summed E-state index contributed by atoms with van der Waals surface area (Å²) in [5.41, 5.74) is 7.14. The van der Waals surface area contributed by atoms with Crippen LogP contribution in [0.1, 0.15) is 22.3 Å². The highest BCUT2D eigenvalue weighted by Gasteiger charge is 2.18. The van der Waals surface area contributed by atoms with Crippen LogP contribution in [-0.4, -0.2) is 21.2 Å². The third kappa shape index (κ3) is 4.71.